The first-order chi connectivity index (χ1) is 24.5. The van der Waals surface area contributed by atoms with E-state index in [0.29, 0.717) is 45.6 Å². The Morgan fingerprint density at radius 3 is 1.04 bits per heavy atom. The number of phenols is 2. The summed E-state index contributed by atoms with van der Waals surface area (Å²) in [6.45, 7) is 0. The number of aromatic hydroxyl groups is 2. The monoisotopic (exact) mass is 722 g/mol. The van der Waals surface area contributed by atoms with Crippen LogP contribution in [0.15, 0.2) is 72.8 Å². The predicted octanol–water partition coefficient (Wildman–Crippen LogP) is 6.79. The normalized spacial score (nSPS) is 12.7. The van der Waals surface area contributed by atoms with E-state index in [1.807, 2.05) is 0 Å². The molecule has 4 rings (SSSR count). The van der Waals surface area contributed by atoms with Crippen LogP contribution >= 0.6 is 0 Å². The van der Waals surface area contributed by atoms with Gasteiger partial charge in [-0.25, -0.2) is 8.42 Å². The molecule has 272 valence electrons. The topological polar surface area (TPSA) is 148 Å². The van der Waals surface area contributed by atoms with Crippen LogP contribution in [-0.2, 0) is 9.84 Å². The van der Waals surface area contributed by atoms with Gasteiger partial charge in [0.25, 0.3) is 0 Å². The zero-order valence-corrected chi connectivity index (χ0v) is 30.4. The lowest BCUT2D eigenvalue weighted by atomic mass is 10.1. The number of hydrogen-bond donors (Lipinski definition) is 2. The maximum Gasteiger partial charge on any atom is 0.203 e. The van der Waals surface area contributed by atoms with E-state index in [9.17, 15) is 10.2 Å². The first kappa shape index (κ1) is 38.1. The van der Waals surface area contributed by atoms with Gasteiger partial charge in [-0.2, -0.15) is 0 Å². The fourth-order valence-electron chi connectivity index (χ4n) is 5.54. The second-order valence-corrected chi connectivity index (χ2v) is 13.1. The van der Waals surface area contributed by atoms with Crippen LogP contribution in [0.25, 0.3) is 12.2 Å². The molecule has 0 fully saturated rings. The number of methoxy groups -OCH3 is 8. The Hall–Kier alpha value is -5.69. The van der Waals surface area contributed by atoms with E-state index in [1.165, 1.54) is 93.3 Å². The summed E-state index contributed by atoms with van der Waals surface area (Å²) < 4.78 is 73.4. The zero-order chi connectivity index (χ0) is 37.3. The summed E-state index contributed by atoms with van der Waals surface area (Å²) in [6.07, 6.45) is 6.22. The quantitative estimate of drug-likeness (QED) is 0.125. The van der Waals surface area contributed by atoms with Crippen LogP contribution in [0.4, 0.5) is 0 Å². The molecule has 2 unspecified atom stereocenters. The van der Waals surface area contributed by atoms with Crippen LogP contribution in [0.5, 0.6) is 57.5 Å². The van der Waals surface area contributed by atoms with E-state index >= 15 is 8.42 Å². The smallest absolute Gasteiger partial charge is 0.203 e. The third-order valence-corrected chi connectivity index (χ3v) is 10.3. The first-order valence-corrected chi connectivity index (χ1v) is 17.0. The summed E-state index contributed by atoms with van der Waals surface area (Å²) >= 11 is 0. The molecule has 0 bridgehead atoms. The van der Waals surface area contributed by atoms with Gasteiger partial charge in [0.05, 0.1) is 56.9 Å². The maximum absolute atomic E-state index is 15.0. The van der Waals surface area contributed by atoms with E-state index in [1.54, 1.807) is 48.6 Å². The number of benzene rings is 4. The van der Waals surface area contributed by atoms with Crippen molar-refractivity contribution in [3.63, 3.8) is 0 Å². The maximum atomic E-state index is 15.0. The van der Waals surface area contributed by atoms with Crippen molar-refractivity contribution in [1.82, 2.24) is 0 Å². The number of rotatable bonds is 16. The molecule has 0 aromatic heterocycles. The average molecular weight is 723 g/mol. The Morgan fingerprint density at radius 1 is 0.471 bits per heavy atom. The average Bonchev–Trinajstić information content (AvgIpc) is 3.13. The number of ether oxygens (including phenoxy) is 8. The standard InChI is InChI=1S/C38H42O12S/c1-43-29-13-11-25(21-27(29)39)35(15-9-23-17-31(45-3)37(49-7)32(18-23)46-4)51(41,42)36(26-12-14-30(44-2)28(40)22-26)16-10-24-19-33(47-5)38(50-8)34(20-24)48-6/h9-22,35-36,39-40H,1-8H3. The van der Waals surface area contributed by atoms with Gasteiger partial charge in [-0.05, 0) is 70.8 Å². The summed E-state index contributed by atoms with van der Waals surface area (Å²) in [6, 6.07) is 15.5. The fourth-order valence-corrected chi connectivity index (χ4v) is 7.50. The summed E-state index contributed by atoms with van der Waals surface area (Å²) in [5.74, 6) is 2.08. The highest BCUT2D eigenvalue weighted by Crippen LogP contribution is 2.44. The molecule has 0 heterocycles. The second kappa shape index (κ2) is 16.8. The van der Waals surface area contributed by atoms with Crippen molar-refractivity contribution in [2.24, 2.45) is 0 Å². The second-order valence-electron chi connectivity index (χ2n) is 10.9. The lowest BCUT2D eigenvalue weighted by Gasteiger charge is -2.23. The minimum absolute atomic E-state index is 0.169. The van der Waals surface area contributed by atoms with Crippen molar-refractivity contribution in [1.29, 1.82) is 0 Å². The van der Waals surface area contributed by atoms with Gasteiger partial charge < -0.3 is 48.1 Å². The molecule has 12 nitrogen and oxygen atoms in total. The molecule has 51 heavy (non-hydrogen) atoms. The highest BCUT2D eigenvalue weighted by Gasteiger charge is 2.35. The van der Waals surface area contributed by atoms with Gasteiger partial charge in [-0.15, -0.1) is 0 Å². The van der Waals surface area contributed by atoms with Crippen LogP contribution in [0, 0.1) is 0 Å². The lowest BCUT2D eigenvalue weighted by molar-refractivity contribution is 0.324. The Balaban J connectivity index is 1.96. The Bertz CT molecular complexity index is 1820. The highest BCUT2D eigenvalue weighted by molar-refractivity contribution is 7.92. The molecule has 4 aromatic carbocycles. The van der Waals surface area contributed by atoms with Gasteiger partial charge >= 0.3 is 0 Å². The molecular formula is C38H42O12S. The summed E-state index contributed by atoms with van der Waals surface area (Å²) in [7, 11) is 7.36. The molecule has 0 spiro atoms. The molecule has 13 heteroatoms. The summed E-state index contributed by atoms with van der Waals surface area (Å²) in [5.41, 5.74) is 1.60. The molecule has 0 aliphatic carbocycles. The molecule has 2 N–H and O–H groups in total. The highest BCUT2D eigenvalue weighted by atomic mass is 32.2. The SMILES string of the molecule is COc1ccc(C(C=Cc2cc(OC)c(OC)c(OC)c2)S(=O)(=O)C(C=Cc2cc(OC)c(OC)c(OC)c2)c2ccc(OC)c(O)c2)cc1O. The summed E-state index contributed by atoms with van der Waals surface area (Å²) in [5, 5.41) is 18.8. The number of hydrogen-bond acceptors (Lipinski definition) is 12. The Kier molecular flexibility index (Phi) is 12.6. The molecule has 0 amide bonds. The van der Waals surface area contributed by atoms with Crippen LogP contribution in [0.1, 0.15) is 32.8 Å². The van der Waals surface area contributed by atoms with Gasteiger partial charge in [0.1, 0.15) is 10.5 Å². The van der Waals surface area contributed by atoms with Gasteiger partial charge in [-0.1, -0.05) is 36.4 Å². The molecule has 0 aliphatic rings. The Morgan fingerprint density at radius 2 is 0.784 bits per heavy atom. The van der Waals surface area contributed by atoms with Crippen molar-refractivity contribution in [2.75, 3.05) is 56.9 Å². The van der Waals surface area contributed by atoms with Crippen LogP contribution in [-0.4, -0.2) is 75.5 Å². The van der Waals surface area contributed by atoms with Gasteiger partial charge in [0.15, 0.2) is 55.8 Å². The van der Waals surface area contributed by atoms with E-state index in [4.69, 9.17) is 37.9 Å². The van der Waals surface area contributed by atoms with Crippen molar-refractivity contribution in [3.8, 4) is 57.5 Å². The number of sulfone groups is 1. The first-order valence-electron chi connectivity index (χ1n) is 15.4. The minimum atomic E-state index is -4.32. The molecule has 0 saturated carbocycles. The Labute approximate surface area is 297 Å². The van der Waals surface area contributed by atoms with E-state index in [-0.39, 0.29) is 34.1 Å². The molecule has 2 atom stereocenters. The molecule has 0 saturated heterocycles. The summed E-state index contributed by atoms with van der Waals surface area (Å²) in [4.78, 5) is 0. The zero-order valence-electron chi connectivity index (χ0n) is 29.6. The third kappa shape index (κ3) is 8.21. The fraction of sp³-hybridized carbons (Fsp3) is 0.263. The van der Waals surface area contributed by atoms with E-state index in [0.717, 1.165) is 0 Å². The molecule has 4 aromatic rings. The lowest BCUT2D eigenvalue weighted by Crippen LogP contribution is -2.19. The van der Waals surface area contributed by atoms with E-state index < -0.39 is 20.3 Å². The molecule has 0 aliphatic heterocycles. The van der Waals surface area contributed by atoms with Crippen molar-refractivity contribution < 1.29 is 56.5 Å². The van der Waals surface area contributed by atoms with Gasteiger partial charge in [0.2, 0.25) is 11.5 Å². The van der Waals surface area contributed by atoms with Gasteiger partial charge in [-0.3, -0.25) is 0 Å². The van der Waals surface area contributed by atoms with Gasteiger partial charge in [0, 0.05) is 0 Å². The van der Waals surface area contributed by atoms with Crippen molar-refractivity contribution >= 4 is 22.0 Å². The van der Waals surface area contributed by atoms with Crippen LogP contribution in [0.3, 0.4) is 0 Å². The van der Waals surface area contributed by atoms with Crippen molar-refractivity contribution in [2.45, 2.75) is 10.5 Å². The molecule has 0 radical (unpaired) electrons. The van der Waals surface area contributed by atoms with Crippen LogP contribution < -0.4 is 37.9 Å². The van der Waals surface area contributed by atoms with Crippen molar-refractivity contribution in [3.05, 3.63) is 95.1 Å². The van der Waals surface area contributed by atoms with E-state index in [2.05, 4.69) is 0 Å². The molecular weight excluding hydrogens is 680 g/mol. The largest absolute Gasteiger partial charge is 0.504 e. The number of phenolic OH excluding ortho intramolecular Hbond substituents is 2. The van der Waals surface area contributed by atoms with Crippen LogP contribution in [0.2, 0.25) is 0 Å². The third-order valence-electron chi connectivity index (χ3n) is 8.07. The minimum Gasteiger partial charge on any atom is -0.504 e. The predicted molar refractivity (Wildman–Crippen MR) is 194 cm³/mol.